The van der Waals surface area contributed by atoms with Crippen LogP contribution in [-0.2, 0) is 14.3 Å². The van der Waals surface area contributed by atoms with Crippen molar-refractivity contribution in [3.05, 3.63) is 0 Å². The average Bonchev–Trinajstić information content (AvgIpc) is 2.97. The Kier molecular flexibility index (Phi) is 2.69. The molecule has 3 aliphatic heterocycles. The number of ether oxygens (including phenoxy) is 1. The summed E-state index contributed by atoms with van der Waals surface area (Å²) in [6.45, 7) is 2.73. The van der Waals surface area contributed by atoms with Crippen molar-refractivity contribution in [3.63, 3.8) is 0 Å². The van der Waals surface area contributed by atoms with Crippen molar-refractivity contribution >= 4 is 11.8 Å². The van der Waals surface area contributed by atoms with Crippen LogP contribution in [0, 0.1) is 11.8 Å². The van der Waals surface area contributed by atoms with Gasteiger partial charge in [-0.1, -0.05) is 19.8 Å². The summed E-state index contributed by atoms with van der Waals surface area (Å²) in [5, 5.41) is 0. The van der Waals surface area contributed by atoms with Crippen LogP contribution in [0.2, 0.25) is 0 Å². The number of fused-ring (bicyclic) bond motifs is 5. The van der Waals surface area contributed by atoms with E-state index >= 15 is 0 Å². The fourth-order valence-corrected chi connectivity index (χ4v) is 3.51. The van der Waals surface area contributed by atoms with E-state index in [9.17, 15) is 9.59 Å². The number of nitrogens with zero attached hydrogens (tertiary/aromatic N) is 1. The first kappa shape index (κ1) is 11.2. The fraction of sp³-hybridized carbons (Fsp3) is 0.846. The number of carbonyl (C=O) groups excluding carboxylic acids is 2. The zero-order chi connectivity index (χ0) is 12.0. The van der Waals surface area contributed by atoms with E-state index in [1.54, 1.807) is 0 Å². The standard InChI is InChI=1S/C13H19NO3/c1-2-3-4-7-14-12(15)10-8-5-6-9(17-8)11(10)13(14)16/h8-11H,2-7H2,1H3/t8-,9-,10-,11-/m0/s1. The zero-order valence-corrected chi connectivity index (χ0v) is 10.2. The minimum Gasteiger partial charge on any atom is -0.373 e. The van der Waals surface area contributed by atoms with Crippen molar-refractivity contribution in [2.24, 2.45) is 11.8 Å². The van der Waals surface area contributed by atoms with Gasteiger partial charge < -0.3 is 4.74 Å². The quantitative estimate of drug-likeness (QED) is 0.547. The number of carbonyl (C=O) groups is 2. The van der Waals surface area contributed by atoms with Crippen molar-refractivity contribution in [1.82, 2.24) is 4.90 Å². The molecular weight excluding hydrogens is 218 g/mol. The van der Waals surface area contributed by atoms with Gasteiger partial charge in [0, 0.05) is 6.54 Å². The van der Waals surface area contributed by atoms with Gasteiger partial charge in [-0.2, -0.15) is 0 Å². The Hall–Kier alpha value is -0.900. The molecular formula is C13H19NO3. The summed E-state index contributed by atoms with van der Waals surface area (Å²) in [4.78, 5) is 25.9. The Morgan fingerprint density at radius 2 is 1.71 bits per heavy atom. The third kappa shape index (κ3) is 1.53. The van der Waals surface area contributed by atoms with Crippen LogP contribution in [0.1, 0.15) is 39.0 Å². The van der Waals surface area contributed by atoms with Crippen molar-refractivity contribution in [2.45, 2.75) is 51.2 Å². The summed E-state index contributed by atoms with van der Waals surface area (Å²) in [6.07, 6.45) is 5.08. The number of hydrogen-bond donors (Lipinski definition) is 0. The predicted octanol–water partition coefficient (Wildman–Crippen LogP) is 1.34. The molecule has 0 aromatic heterocycles. The van der Waals surface area contributed by atoms with E-state index in [2.05, 4.69) is 6.92 Å². The molecule has 17 heavy (non-hydrogen) atoms. The molecule has 94 valence electrons. The van der Waals surface area contributed by atoms with Crippen LogP contribution >= 0.6 is 0 Å². The third-order valence-electron chi connectivity index (χ3n) is 4.36. The molecule has 3 fully saturated rings. The van der Waals surface area contributed by atoms with Gasteiger partial charge in [-0.05, 0) is 19.3 Å². The average molecular weight is 237 g/mol. The van der Waals surface area contributed by atoms with Gasteiger partial charge in [0.25, 0.3) is 0 Å². The Morgan fingerprint density at radius 1 is 1.12 bits per heavy atom. The van der Waals surface area contributed by atoms with Crippen molar-refractivity contribution in [2.75, 3.05) is 6.54 Å². The van der Waals surface area contributed by atoms with Gasteiger partial charge in [0.15, 0.2) is 0 Å². The number of unbranched alkanes of at least 4 members (excludes halogenated alkanes) is 2. The molecule has 0 aromatic carbocycles. The Bertz CT molecular complexity index is 327. The summed E-state index contributed by atoms with van der Waals surface area (Å²) in [6, 6.07) is 0. The molecule has 0 saturated carbocycles. The molecule has 0 spiro atoms. The summed E-state index contributed by atoms with van der Waals surface area (Å²) >= 11 is 0. The minimum atomic E-state index is -0.150. The van der Waals surface area contributed by atoms with Crippen molar-refractivity contribution < 1.29 is 14.3 Å². The van der Waals surface area contributed by atoms with Gasteiger partial charge in [-0.25, -0.2) is 0 Å². The highest BCUT2D eigenvalue weighted by Gasteiger charge is 2.61. The summed E-state index contributed by atoms with van der Waals surface area (Å²) < 4.78 is 5.69. The van der Waals surface area contributed by atoms with E-state index in [1.165, 1.54) is 4.90 Å². The maximum absolute atomic E-state index is 12.2. The summed E-state index contributed by atoms with van der Waals surface area (Å²) in [5.41, 5.74) is 0. The molecule has 2 bridgehead atoms. The van der Waals surface area contributed by atoms with E-state index in [0.29, 0.717) is 6.54 Å². The molecule has 0 aliphatic carbocycles. The highest BCUT2D eigenvalue weighted by Crippen LogP contribution is 2.48. The largest absolute Gasteiger partial charge is 0.373 e. The van der Waals surface area contributed by atoms with Crippen LogP contribution in [0.3, 0.4) is 0 Å². The number of imide groups is 1. The van der Waals surface area contributed by atoms with Gasteiger partial charge in [0.05, 0.1) is 24.0 Å². The van der Waals surface area contributed by atoms with Crippen molar-refractivity contribution in [3.8, 4) is 0 Å². The number of likely N-dealkylation sites (tertiary alicyclic amines) is 1. The second-order valence-corrected chi connectivity index (χ2v) is 5.38. The molecule has 2 amide bonds. The van der Waals surface area contributed by atoms with E-state index < -0.39 is 0 Å². The number of amides is 2. The smallest absolute Gasteiger partial charge is 0.235 e. The highest BCUT2D eigenvalue weighted by molar-refractivity contribution is 6.06. The molecule has 4 atom stereocenters. The lowest BCUT2D eigenvalue weighted by Gasteiger charge is -2.16. The summed E-state index contributed by atoms with van der Waals surface area (Å²) in [7, 11) is 0. The Balaban J connectivity index is 1.72. The Morgan fingerprint density at radius 3 is 2.24 bits per heavy atom. The maximum Gasteiger partial charge on any atom is 0.235 e. The number of hydrogen-bond acceptors (Lipinski definition) is 3. The lowest BCUT2D eigenvalue weighted by molar-refractivity contribution is -0.142. The SMILES string of the molecule is CCCCCN1C(=O)[C@@H]2[C@@H](C1=O)[C@@H]1CC[C@@H]2O1. The molecule has 4 nitrogen and oxygen atoms in total. The molecule has 0 aromatic rings. The van der Waals surface area contributed by atoms with Gasteiger partial charge in [0.2, 0.25) is 11.8 Å². The lowest BCUT2D eigenvalue weighted by Crippen LogP contribution is -2.35. The van der Waals surface area contributed by atoms with Crippen LogP contribution in [-0.4, -0.2) is 35.5 Å². The van der Waals surface area contributed by atoms with Crippen LogP contribution in [0.4, 0.5) is 0 Å². The topological polar surface area (TPSA) is 46.6 Å². The first-order chi connectivity index (χ1) is 8.24. The fourth-order valence-electron chi connectivity index (χ4n) is 3.51. The monoisotopic (exact) mass is 237 g/mol. The molecule has 0 radical (unpaired) electrons. The first-order valence-corrected chi connectivity index (χ1v) is 6.74. The lowest BCUT2D eigenvalue weighted by atomic mass is 9.81. The van der Waals surface area contributed by atoms with Gasteiger partial charge >= 0.3 is 0 Å². The molecule has 3 rings (SSSR count). The van der Waals surface area contributed by atoms with Crippen LogP contribution in [0.5, 0.6) is 0 Å². The van der Waals surface area contributed by atoms with E-state index in [-0.39, 0.29) is 35.9 Å². The zero-order valence-electron chi connectivity index (χ0n) is 10.2. The normalized spacial score (nSPS) is 39.2. The first-order valence-electron chi connectivity index (χ1n) is 6.74. The molecule has 3 aliphatic rings. The second kappa shape index (κ2) is 4.09. The summed E-state index contributed by atoms with van der Waals surface area (Å²) in [5.74, 6) is -0.239. The maximum atomic E-state index is 12.2. The second-order valence-electron chi connectivity index (χ2n) is 5.38. The van der Waals surface area contributed by atoms with E-state index in [4.69, 9.17) is 4.74 Å². The van der Waals surface area contributed by atoms with Gasteiger partial charge in [-0.3, -0.25) is 14.5 Å². The molecule has 0 unspecified atom stereocenters. The predicted molar refractivity (Wildman–Crippen MR) is 61.1 cm³/mol. The van der Waals surface area contributed by atoms with Crippen LogP contribution in [0.15, 0.2) is 0 Å². The molecule has 4 heteroatoms. The van der Waals surface area contributed by atoms with Crippen LogP contribution in [0.25, 0.3) is 0 Å². The molecule has 0 N–H and O–H groups in total. The van der Waals surface area contributed by atoms with E-state index in [0.717, 1.165) is 32.1 Å². The number of rotatable bonds is 4. The third-order valence-corrected chi connectivity index (χ3v) is 4.36. The molecule has 3 saturated heterocycles. The highest BCUT2D eigenvalue weighted by atomic mass is 16.5. The van der Waals surface area contributed by atoms with Gasteiger partial charge in [0.1, 0.15) is 0 Å². The molecule has 3 heterocycles. The van der Waals surface area contributed by atoms with Gasteiger partial charge in [-0.15, -0.1) is 0 Å². The Labute approximate surface area is 101 Å². The van der Waals surface area contributed by atoms with E-state index in [1.807, 2.05) is 0 Å². The van der Waals surface area contributed by atoms with Crippen LogP contribution < -0.4 is 0 Å². The minimum absolute atomic E-state index is 0.0256. The van der Waals surface area contributed by atoms with Crippen molar-refractivity contribution in [1.29, 1.82) is 0 Å².